The van der Waals surface area contributed by atoms with Crippen LogP contribution in [0, 0.1) is 29.4 Å². The number of nitrogens with zero attached hydrogens (tertiary/aromatic N) is 6. The summed E-state index contributed by atoms with van der Waals surface area (Å²) in [5, 5.41) is 11.0. The fourth-order valence-corrected chi connectivity index (χ4v) is 11.5. The molecule has 2 aliphatic carbocycles. The van der Waals surface area contributed by atoms with Crippen molar-refractivity contribution in [2.24, 2.45) is 17.8 Å². The smallest absolute Gasteiger partial charge is 0.272 e. The summed E-state index contributed by atoms with van der Waals surface area (Å²) in [6, 6.07) is 15.8. The first-order valence-corrected chi connectivity index (χ1v) is 26.1. The van der Waals surface area contributed by atoms with Crippen LogP contribution in [0.2, 0.25) is 0 Å². The van der Waals surface area contributed by atoms with Gasteiger partial charge in [-0.3, -0.25) is 33.7 Å². The summed E-state index contributed by atoms with van der Waals surface area (Å²) in [4.78, 5) is 89.5. The third-order valence-corrected chi connectivity index (χ3v) is 15.8. The lowest BCUT2D eigenvalue weighted by molar-refractivity contribution is -0.137. The number of benzene rings is 3. The molecule has 14 nitrogen and oxygen atoms in total. The number of halogens is 2. The third kappa shape index (κ3) is 11.9. The van der Waals surface area contributed by atoms with Crippen molar-refractivity contribution in [3.8, 4) is 0 Å². The van der Waals surface area contributed by atoms with Crippen molar-refractivity contribution in [2.75, 3.05) is 72.5 Å². The molecule has 5 fully saturated rings. The molecule has 0 spiro atoms. The van der Waals surface area contributed by atoms with E-state index in [0.717, 1.165) is 70.6 Å². The van der Waals surface area contributed by atoms with Crippen molar-refractivity contribution >= 4 is 40.3 Å². The van der Waals surface area contributed by atoms with Crippen molar-refractivity contribution in [1.82, 2.24) is 40.0 Å². The number of carbonyl (C=O) groups is 5. The Morgan fingerprint density at radius 3 is 2.24 bits per heavy atom. The Morgan fingerprint density at radius 1 is 0.761 bits per heavy atom. The molecule has 4 aromatic rings. The fraction of sp³-hybridized carbons (Fsp3) is 0.545. The SMILES string of the molecule is CN(CCCC1CCCN(C(=O)C(NC(=O)c2cccc(C3CCN(C(=O)C4CC4)CC3)c2F)C2CCCCC2)C1)CC(=O)N1CCN(C(=O)c2cc(Cc3n[nH]c(=O)c4ccccc34)ccc2F)CC1. The van der Waals surface area contributed by atoms with Gasteiger partial charge in [0.15, 0.2) is 0 Å². The average molecular weight is 975 g/mol. The van der Waals surface area contributed by atoms with Crippen LogP contribution in [0.3, 0.4) is 0 Å². The second-order valence-electron chi connectivity index (χ2n) is 20.8. The molecule has 5 aliphatic rings. The summed E-state index contributed by atoms with van der Waals surface area (Å²) < 4.78 is 31.4. The molecule has 2 saturated carbocycles. The molecule has 1 aromatic heterocycles. The van der Waals surface area contributed by atoms with E-state index in [1.807, 2.05) is 33.9 Å². The van der Waals surface area contributed by atoms with Crippen LogP contribution in [-0.2, 0) is 20.8 Å². The van der Waals surface area contributed by atoms with E-state index in [0.29, 0.717) is 92.7 Å². The molecule has 2 atom stereocenters. The fourth-order valence-electron chi connectivity index (χ4n) is 11.5. The topological polar surface area (TPSA) is 159 Å². The molecule has 16 heteroatoms. The molecule has 3 aliphatic heterocycles. The third-order valence-electron chi connectivity index (χ3n) is 15.8. The minimum absolute atomic E-state index is 0.0183. The highest BCUT2D eigenvalue weighted by Gasteiger charge is 2.38. The van der Waals surface area contributed by atoms with Gasteiger partial charge >= 0.3 is 0 Å². The van der Waals surface area contributed by atoms with Crippen LogP contribution < -0.4 is 10.9 Å². The van der Waals surface area contributed by atoms with Gasteiger partial charge < -0.3 is 24.9 Å². The van der Waals surface area contributed by atoms with E-state index in [1.165, 1.54) is 12.1 Å². The van der Waals surface area contributed by atoms with E-state index < -0.39 is 29.5 Å². The molecule has 0 bridgehead atoms. The number of hydrogen-bond acceptors (Lipinski definition) is 8. The van der Waals surface area contributed by atoms with Crippen LogP contribution in [0.1, 0.15) is 127 Å². The van der Waals surface area contributed by atoms with Gasteiger partial charge in [-0.2, -0.15) is 5.10 Å². The highest BCUT2D eigenvalue weighted by atomic mass is 19.1. The predicted octanol–water partition coefficient (Wildman–Crippen LogP) is 6.52. The van der Waals surface area contributed by atoms with Gasteiger partial charge in [-0.25, -0.2) is 13.9 Å². The Labute approximate surface area is 414 Å². The first-order valence-electron chi connectivity index (χ1n) is 26.1. The van der Waals surface area contributed by atoms with Gasteiger partial charge in [-0.15, -0.1) is 0 Å². The number of nitrogens with one attached hydrogen (secondary N) is 2. The molecule has 3 aromatic carbocycles. The maximum Gasteiger partial charge on any atom is 0.272 e. The van der Waals surface area contributed by atoms with E-state index in [9.17, 15) is 28.8 Å². The normalized spacial score (nSPS) is 19.8. The number of amides is 5. The lowest BCUT2D eigenvalue weighted by Gasteiger charge is -2.38. The lowest BCUT2D eigenvalue weighted by atomic mass is 9.82. The molecule has 4 heterocycles. The Hall–Kier alpha value is -6.03. The van der Waals surface area contributed by atoms with Crippen LogP contribution in [0.4, 0.5) is 8.78 Å². The standard InChI is InChI=1S/C55H68F2N8O6/c1-61(35-48(66)62-28-30-64(31-29-62)54(70)45-32-37(18-21-46(45)56)33-47-42-14-5-6-15-43(42)52(68)60-59-47)24-8-10-36-11-9-25-65(34-36)55(71)50(39-12-3-2-4-13-39)58-51(67)44-17-7-16-41(49(44)57)38-22-26-63(27-23-38)53(69)40-19-20-40/h5-7,14-18,21,32,36,38-40,50H,2-4,8-13,19-20,22-31,33-35H2,1H3,(H,58,67)(H,60,68). The van der Waals surface area contributed by atoms with Gasteiger partial charge in [0.2, 0.25) is 17.7 Å². The number of H-pyrrole nitrogens is 1. The number of rotatable bonds is 15. The lowest BCUT2D eigenvalue weighted by Crippen LogP contribution is -2.54. The van der Waals surface area contributed by atoms with E-state index in [1.54, 1.807) is 46.2 Å². The molecular formula is C55H68F2N8O6. The zero-order chi connectivity index (χ0) is 49.6. The molecule has 3 saturated heterocycles. The van der Waals surface area contributed by atoms with Crippen molar-refractivity contribution in [3.63, 3.8) is 0 Å². The highest BCUT2D eigenvalue weighted by Crippen LogP contribution is 2.36. The van der Waals surface area contributed by atoms with Crippen LogP contribution >= 0.6 is 0 Å². The number of aromatic amines is 1. The predicted molar refractivity (Wildman–Crippen MR) is 266 cm³/mol. The number of aromatic nitrogens is 2. The van der Waals surface area contributed by atoms with E-state index in [4.69, 9.17) is 0 Å². The van der Waals surface area contributed by atoms with Crippen molar-refractivity contribution in [3.05, 3.63) is 111 Å². The summed E-state index contributed by atoms with van der Waals surface area (Å²) in [6.07, 6.45) is 11.8. The Morgan fingerprint density at radius 2 is 1.49 bits per heavy atom. The van der Waals surface area contributed by atoms with Gasteiger partial charge in [-0.05, 0) is 131 Å². The van der Waals surface area contributed by atoms with E-state index in [2.05, 4.69) is 15.5 Å². The van der Waals surface area contributed by atoms with Crippen LogP contribution in [0.5, 0.6) is 0 Å². The van der Waals surface area contributed by atoms with E-state index in [-0.39, 0.29) is 77.7 Å². The first-order chi connectivity index (χ1) is 34.4. The second kappa shape index (κ2) is 22.6. The van der Waals surface area contributed by atoms with Gasteiger partial charge in [-0.1, -0.05) is 55.7 Å². The largest absolute Gasteiger partial charge is 0.342 e. The zero-order valence-electron chi connectivity index (χ0n) is 41.0. The zero-order valence-corrected chi connectivity index (χ0v) is 41.0. The number of likely N-dealkylation sites (N-methyl/N-ethyl adjacent to an activating group) is 1. The summed E-state index contributed by atoms with van der Waals surface area (Å²) in [6.45, 7) is 4.54. The number of hydrogen-bond donors (Lipinski definition) is 2. The number of piperazine rings is 1. The Balaban J connectivity index is 0.730. The summed E-state index contributed by atoms with van der Waals surface area (Å²) >= 11 is 0. The maximum absolute atomic E-state index is 16.2. The minimum Gasteiger partial charge on any atom is -0.342 e. The molecule has 0 radical (unpaired) electrons. The maximum atomic E-state index is 16.2. The molecule has 9 rings (SSSR count). The Bertz CT molecular complexity index is 2650. The summed E-state index contributed by atoms with van der Waals surface area (Å²) in [5.74, 6) is -1.73. The molecule has 378 valence electrons. The van der Waals surface area contributed by atoms with Crippen LogP contribution in [0.15, 0.2) is 65.5 Å². The monoisotopic (exact) mass is 975 g/mol. The number of carbonyl (C=O) groups excluding carboxylic acids is 5. The summed E-state index contributed by atoms with van der Waals surface area (Å²) in [5.41, 5.74) is 1.42. The minimum atomic E-state index is -0.732. The van der Waals surface area contributed by atoms with Gasteiger partial charge in [0.1, 0.15) is 17.7 Å². The number of piperidine rings is 2. The molecule has 5 amide bonds. The van der Waals surface area contributed by atoms with Crippen LogP contribution in [0.25, 0.3) is 10.8 Å². The van der Waals surface area contributed by atoms with Gasteiger partial charge in [0, 0.05) is 70.1 Å². The van der Waals surface area contributed by atoms with Crippen molar-refractivity contribution in [2.45, 2.75) is 102 Å². The van der Waals surface area contributed by atoms with Gasteiger partial charge in [0.05, 0.1) is 28.8 Å². The van der Waals surface area contributed by atoms with E-state index >= 15 is 8.78 Å². The second-order valence-corrected chi connectivity index (χ2v) is 20.8. The molecular weight excluding hydrogens is 907 g/mol. The quantitative estimate of drug-likeness (QED) is 0.136. The Kier molecular flexibility index (Phi) is 15.9. The van der Waals surface area contributed by atoms with Gasteiger partial charge in [0.25, 0.3) is 17.4 Å². The molecule has 2 N–H and O–H groups in total. The first kappa shape index (κ1) is 49.9. The van der Waals surface area contributed by atoms with Crippen LogP contribution in [-0.4, -0.2) is 143 Å². The van der Waals surface area contributed by atoms with Crippen molar-refractivity contribution in [1.29, 1.82) is 0 Å². The van der Waals surface area contributed by atoms with Crippen molar-refractivity contribution < 1.29 is 32.8 Å². The molecule has 2 unspecified atom stereocenters. The number of fused-ring (bicyclic) bond motifs is 1. The average Bonchev–Trinajstić information content (AvgIpc) is 4.25. The highest BCUT2D eigenvalue weighted by molar-refractivity contribution is 5.98. The number of likely N-dealkylation sites (tertiary alicyclic amines) is 2. The summed E-state index contributed by atoms with van der Waals surface area (Å²) in [7, 11) is 1.92. The molecule has 71 heavy (non-hydrogen) atoms.